The van der Waals surface area contributed by atoms with E-state index in [1.165, 1.54) is 33.1 Å². The zero-order valence-electron chi connectivity index (χ0n) is 18.3. The Morgan fingerprint density at radius 2 is 1.64 bits per heavy atom. The van der Waals surface area contributed by atoms with E-state index in [1.807, 2.05) is 24.3 Å². The van der Waals surface area contributed by atoms with E-state index in [2.05, 4.69) is 10.6 Å². The maximum absolute atomic E-state index is 12.7. The Hall–Kier alpha value is -4.33. The number of para-hydroxylation sites is 1. The van der Waals surface area contributed by atoms with Gasteiger partial charge in [-0.2, -0.15) is 0 Å². The highest BCUT2D eigenvalue weighted by Crippen LogP contribution is 2.36. The van der Waals surface area contributed by atoms with Gasteiger partial charge < -0.3 is 24.5 Å². The van der Waals surface area contributed by atoms with Crippen LogP contribution in [0.4, 0.5) is 11.4 Å². The van der Waals surface area contributed by atoms with Crippen LogP contribution in [-0.2, 0) is 14.3 Å². The highest BCUT2D eigenvalue weighted by atomic mass is 16.5. The highest BCUT2D eigenvalue weighted by molar-refractivity contribution is 6.08. The number of ether oxygens (including phenoxy) is 2. The number of hydrogen-bond donors (Lipinski definition) is 2. The normalized spacial score (nSPS) is 11.7. The van der Waals surface area contributed by atoms with Crippen LogP contribution in [0, 0.1) is 0 Å². The van der Waals surface area contributed by atoms with Crippen molar-refractivity contribution in [2.24, 2.45) is 0 Å². The van der Waals surface area contributed by atoms with Crippen LogP contribution >= 0.6 is 0 Å². The summed E-state index contributed by atoms with van der Waals surface area (Å²) < 4.78 is 16.6. The Kier molecular flexibility index (Phi) is 5.99. The standard InChI is InChI=1S/C25H22N2O6/c1-14(32-25(30)16-8-10-17(11-9-16)26-15(2)28)24(29)27-20-13-22-19(12-23(20)31-3)18-6-4-5-7-21(18)33-22/h4-14H,1-3H3,(H,26,28)(H,27,29). The van der Waals surface area contributed by atoms with Gasteiger partial charge in [-0.3, -0.25) is 9.59 Å². The minimum absolute atomic E-state index is 0.216. The smallest absolute Gasteiger partial charge is 0.338 e. The Morgan fingerprint density at radius 3 is 2.33 bits per heavy atom. The van der Waals surface area contributed by atoms with Gasteiger partial charge in [-0.05, 0) is 43.3 Å². The Bertz CT molecular complexity index is 1360. The molecule has 4 rings (SSSR count). The molecule has 0 bridgehead atoms. The number of hydrogen-bond acceptors (Lipinski definition) is 6. The van der Waals surface area contributed by atoms with Crippen molar-refractivity contribution in [1.82, 2.24) is 0 Å². The molecule has 0 saturated carbocycles. The van der Waals surface area contributed by atoms with Crippen molar-refractivity contribution >= 4 is 51.1 Å². The molecule has 0 radical (unpaired) electrons. The zero-order valence-corrected chi connectivity index (χ0v) is 18.3. The van der Waals surface area contributed by atoms with Crippen molar-refractivity contribution in [2.45, 2.75) is 20.0 Å². The number of methoxy groups -OCH3 is 1. The Balaban J connectivity index is 1.48. The predicted molar refractivity (Wildman–Crippen MR) is 125 cm³/mol. The van der Waals surface area contributed by atoms with Crippen LogP contribution in [0.25, 0.3) is 21.9 Å². The molecule has 168 valence electrons. The second-order valence-corrected chi connectivity index (χ2v) is 7.44. The summed E-state index contributed by atoms with van der Waals surface area (Å²) in [6, 6.07) is 17.3. The molecule has 0 aliphatic rings. The van der Waals surface area contributed by atoms with Gasteiger partial charge in [-0.25, -0.2) is 4.79 Å². The quantitative estimate of drug-likeness (QED) is 0.415. The topological polar surface area (TPSA) is 107 Å². The van der Waals surface area contributed by atoms with E-state index < -0.39 is 18.0 Å². The van der Waals surface area contributed by atoms with Gasteiger partial charge in [0, 0.05) is 29.4 Å². The lowest BCUT2D eigenvalue weighted by Gasteiger charge is -2.15. The van der Waals surface area contributed by atoms with Crippen LogP contribution in [0.1, 0.15) is 24.2 Å². The van der Waals surface area contributed by atoms with Gasteiger partial charge in [-0.1, -0.05) is 18.2 Å². The number of fused-ring (bicyclic) bond motifs is 3. The molecule has 0 spiro atoms. The Morgan fingerprint density at radius 1 is 0.909 bits per heavy atom. The van der Waals surface area contributed by atoms with Gasteiger partial charge in [0.05, 0.1) is 18.4 Å². The lowest BCUT2D eigenvalue weighted by Crippen LogP contribution is -2.30. The first-order valence-electron chi connectivity index (χ1n) is 10.2. The van der Waals surface area contributed by atoms with Gasteiger partial charge in [0.15, 0.2) is 6.10 Å². The first kappa shape index (κ1) is 21.9. The molecule has 0 saturated heterocycles. The summed E-state index contributed by atoms with van der Waals surface area (Å²) in [6.45, 7) is 2.87. The largest absolute Gasteiger partial charge is 0.495 e. The van der Waals surface area contributed by atoms with Crippen molar-refractivity contribution < 1.29 is 28.3 Å². The fourth-order valence-electron chi connectivity index (χ4n) is 3.43. The molecule has 2 amide bonds. The summed E-state index contributed by atoms with van der Waals surface area (Å²) in [5.41, 5.74) is 2.53. The molecule has 0 aliphatic carbocycles. The molecule has 0 aliphatic heterocycles. The molecule has 8 heteroatoms. The van der Waals surface area contributed by atoms with Gasteiger partial charge in [-0.15, -0.1) is 0 Å². The van der Waals surface area contributed by atoms with Crippen LogP contribution in [-0.4, -0.2) is 31.0 Å². The van der Waals surface area contributed by atoms with Gasteiger partial charge in [0.1, 0.15) is 16.9 Å². The number of benzene rings is 3. The molecule has 0 fully saturated rings. The van der Waals surface area contributed by atoms with Crippen molar-refractivity contribution in [1.29, 1.82) is 0 Å². The molecule has 1 aromatic heterocycles. The minimum atomic E-state index is -1.07. The number of carbonyl (C=O) groups is 3. The van der Waals surface area contributed by atoms with Crippen LogP contribution in [0.15, 0.2) is 65.1 Å². The number of rotatable bonds is 6. The van der Waals surface area contributed by atoms with E-state index >= 15 is 0 Å². The highest BCUT2D eigenvalue weighted by Gasteiger charge is 2.21. The van der Waals surface area contributed by atoms with Crippen LogP contribution in [0.3, 0.4) is 0 Å². The fraction of sp³-hybridized carbons (Fsp3) is 0.160. The maximum atomic E-state index is 12.7. The van der Waals surface area contributed by atoms with Crippen LogP contribution < -0.4 is 15.4 Å². The van der Waals surface area contributed by atoms with E-state index in [0.717, 1.165) is 16.4 Å². The second-order valence-electron chi connectivity index (χ2n) is 7.44. The predicted octanol–water partition coefficient (Wildman–Crippen LogP) is 4.74. The van der Waals surface area contributed by atoms with Gasteiger partial charge >= 0.3 is 5.97 Å². The van der Waals surface area contributed by atoms with E-state index in [4.69, 9.17) is 13.9 Å². The average Bonchev–Trinajstić information content (AvgIpc) is 3.15. The van der Waals surface area contributed by atoms with Gasteiger partial charge in [0.2, 0.25) is 5.91 Å². The molecule has 1 heterocycles. The third-order valence-corrected chi connectivity index (χ3v) is 5.05. The summed E-state index contributed by atoms with van der Waals surface area (Å²) in [6.07, 6.45) is -1.07. The fourth-order valence-corrected chi connectivity index (χ4v) is 3.43. The number of amides is 2. The van der Waals surface area contributed by atoms with Crippen molar-refractivity contribution in [3.05, 3.63) is 66.2 Å². The van der Waals surface area contributed by atoms with Crippen molar-refractivity contribution in [2.75, 3.05) is 17.7 Å². The monoisotopic (exact) mass is 446 g/mol. The van der Waals surface area contributed by atoms with E-state index in [-0.39, 0.29) is 11.5 Å². The number of furan rings is 1. The second kappa shape index (κ2) is 9.04. The molecule has 1 unspecified atom stereocenters. The first-order valence-corrected chi connectivity index (χ1v) is 10.2. The van der Waals surface area contributed by atoms with Crippen LogP contribution in [0.2, 0.25) is 0 Å². The number of carbonyl (C=O) groups excluding carboxylic acids is 3. The molecular weight excluding hydrogens is 424 g/mol. The van der Waals surface area contributed by atoms with E-state index in [0.29, 0.717) is 22.7 Å². The number of anilines is 2. The summed E-state index contributed by atoms with van der Waals surface area (Å²) in [5.74, 6) is -0.944. The molecule has 2 N–H and O–H groups in total. The lowest BCUT2D eigenvalue weighted by molar-refractivity contribution is -0.123. The molecule has 8 nitrogen and oxygen atoms in total. The van der Waals surface area contributed by atoms with Gasteiger partial charge in [0.25, 0.3) is 5.91 Å². The Labute approximate surface area is 189 Å². The van der Waals surface area contributed by atoms with Crippen LogP contribution in [0.5, 0.6) is 5.75 Å². The summed E-state index contributed by atoms with van der Waals surface area (Å²) in [7, 11) is 1.51. The van der Waals surface area contributed by atoms with Crippen molar-refractivity contribution in [3.8, 4) is 5.75 Å². The summed E-state index contributed by atoms with van der Waals surface area (Å²) in [4.78, 5) is 36.2. The molecule has 1 atom stereocenters. The number of esters is 1. The average molecular weight is 446 g/mol. The molecular formula is C25H22N2O6. The van der Waals surface area contributed by atoms with E-state index in [1.54, 1.807) is 24.3 Å². The third kappa shape index (κ3) is 4.64. The minimum Gasteiger partial charge on any atom is -0.495 e. The summed E-state index contributed by atoms with van der Waals surface area (Å²) >= 11 is 0. The summed E-state index contributed by atoms with van der Waals surface area (Å²) in [5, 5.41) is 7.15. The first-order chi connectivity index (χ1) is 15.9. The van der Waals surface area contributed by atoms with E-state index in [9.17, 15) is 14.4 Å². The lowest BCUT2D eigenvalue weighted by atomic mass is 10.1. The molecule has 4 aromatic rings. The zero-order chi connectivity index (χ0) is 23.5. The maximum Gasteiger partial charge on any atom is 0.338 e. The third-order valence-electron chi connectivity index (χ3n) is 5.05. The van der Waals surface area contributed by atoms with Crippen molar-refractivity contribution in [3.63, 3.8) is 0 Å². The molecule has 3 aromatic carbocycles. The SMILES string of the molecule is COc1cc2c(cc1NC(=O)C(C)OC(=O)c1ccc(NC(C)=O)cc1)oc1ccccc12. The number of nitrogens with one attached hydrogen (secondary N) is 2. The molecule has 33 heavy (non-hydrogen) atoms.